The first-order chi connectivity index (χ1) is 23.8. The van der Waals surface area contributed by atoms with Crippen molar-refractivity contribution in [2.75, 3.05) is 0 Å². The summed E-state index contributed by atoms with van der Waals surface area (Å²) in [5.74, 6) is 1.98. The molecule has 0 radical (unpaired) electrons. The molecular weight excluding hydrogens is 699 g/mol. The zero-order valence-electron chi connectivity index (χ0n) is 25.7. The van der Waals surface area contributed by atoms with Crippen molar-refractivity contribution >= 4 is 32.6 Å². The van der Waals surface area contributed by atoms with Crippen LogP contribution in [0.4, 0.5) is 0 Å². The largest absolute Gasteiger partial charge is 0.0615 e. The first-order valence-electron chi connectivity index (χ1n) is 16.0. The second-order valence-electron chi connectivity index (χ2n) is 12.0. The topological polar surface area (TPSA) is 43.6 Å². The third-order valence-corrected chi connectivity index (χ3v) is 12.1. The average Bonchev–Trinajstić information content (AvgIpc) is 3.69. The Balaban J connectivity index is 1.12. The van der Waals surface area contributed by atoms with Gasteiger partial charge in [-0.1, -0.05) is 60.7 Å². The monoisotopic (exact) mass is 725 g/mol. The van der Waals surface area contributed by atoms with Crippen LogP contribution in [0.25, 0.3) is 83.6 Å². The SMILES string of the molecule is c1ccc(-c2nc(-c3ccccc3)nc(-c3ccc(-n4c5ccccc5c5cc6c(cc54)[I-]c4ccc5ccccc5c4-6)cc3)n2)cc1. The van der Waals surface area contributed by atoms with Gasteiger partial charge in [-0.2, -0.15) is 0 Å². The van der Waals surface area contributed by atoms with Crippen LogP contribution in [0.1, 0.15) is 0 Å². The Morgan fingerprint density at radius 2 is 1.00 bits per heavy atom. The number of nitrogens with zero attached hydrogens (tertiary/aromatic N) is 4. The Morgan fingerprint density at radius 3 is 1.69 bits per heavy atom. The number of fused-ring (bicyclic) bond motifs is 8. The number of aromatic nitrogens is 4. The van der Waals surface area contributed by atoms with Gasteiger partial charge in [-0.15, -0.1) is 0 Å². The van der Waals surface area contributed by atoms with Gasteiger partial charge in [0.25, 0.3) is 0 Å². The molecule has 48 heavy (non-hydrogen) atoms. The van der Waals surface area contributed by atoms with Gasteiger partial charge in [0.2, 0.25) is 0 Å². The summed E-state index contributed by atoms with van der Waals surface area (Å²) in [7, 11) is 0. The van der Waals surface area contributed by atoms with Gasteiger partial charge in [-0.25, -0.2) is 0 Å². The van der Waals surface area contributed by atoms with Crippen LogP contribution in [0.15, 0.2) is 158 Å². The molecule has 0 N–H and O–H groups in total. The van der Waals surface area contributed by atoms with E-state index in [1.165, 1.54) is 50.8 Å². The van der Waals surface area contributed by atoms with Crippen LogP contribution in [-0.4, -0.2) is 19.5 Å². The van der Waals surface area contributed by atoms with Crippen molar-refractivity contribution in [3.63, 3.8) is 0 Å². The van der Waals surface area contributed by atoms with E-state index >= 15 is 0 Å². The second-order valence-corrected chi connectivity index (χ2v) is 14.9. The Hall–Kier alpha value is -5.66. The predicted octanol–water partition coefficient (Wildman–Crippen LogP) is 7.23. The first-order valence-corrected chi connectivity index (χ1v) is 18.2. The van der Waals surface area contributed by atoms with Crippen LogP contribution in [0.3, 0.4) is 0 Å². The Kier molecular flexibility index (Phi) is 6.27. The molecule has 0 spiro atoms. The molecule has 0 fully saturated rings. The summed E-state index contributed by atoms with van der Waals surface area (Å²) in [5, 5.41) is 5.22. The zero-order valence-corrected chi connectivity index (χ0v) is 27.8. The van der Waals surface area contributed by atoms with E-state index in [-0.39, 0.29) is 21.2 Å². The minimum atomic E-state index is -0.277. The van der Waals surface area contributed by atoms with Crippen molar-refractivity contribution in [2.24, 2.45) is 0 Å². The summed E-state index contributed by atoms with van der Waals surface area (Å²) in [6.45, 7) is 0. The van der Waals surface area contributed by atoms with E-state index in [0.717, 1.165) is 22.4 Å². The average molecular weight is 726 g/mol. The molecule has 0 atom stereocenters. The maximum Gasteiger partial charge on any atom is -0.0512 e. The van der Waals surface area contributed by atoms with E-state index in [2.05, 4.69) is 102 Å². The van der Waals surface area contributed by atoms with Crippen molar-refractivity contribution in [3.05, 3.63) is 165 Å². The molecule has 3 heterocycles. The smallest absolute Gasteiger partial charge is 0.0512 e. The fraction of sp³-hybridized carbons (Fsp3) is 0. The van der Waals surface area contributed by atoms with Crippen LogP contribution < -0.4 is 21.2 Å². The number of benzene rings is 7. The van der Waals surface area contributed by atoms with E-state index in [0.29, 0.717) is 17.5 Å². The number of halogens is 1. The molecular formula is C43H26IN4-. The van der Waals surface area contributed by atoms with Crippen molar-refractivity contribution in [1.29, 1.82) is 0 Å². The molecule has 1 aliphatic heterocycles. The van der Waals surface area contributed by atoms with Gasteiger partial charge in [0, 0.05) is 0 Å². The van der Waals surface area contributed by atoms with Gasteiger partial charge < -0.3 is 0 Å². The summed E-state index contributed by atoms with van der Waals surface area (Å²) in [5.41, 5.74) is 9.28. The van der Waals surface area contributed by atoms with Crippen molar-refractivity contribution in [1.82, 2.24) is 19.5 Å². The summed E-state index contributed by atoms with van der Waals surface area (Å²) in [4.78, 5) is 14.8. The van der Waals surface area contributed by atoms with E-state index in [9.17, 15) is 0 Å². The maximum atomic E-state index is 4.95. The van der Waals surface area contributed by atoms with E-state index in [4.69, 9.17) is 15.0 Å². The molecule has 226 valence electrons. The van der Waals surface area contributed by atoms with E-state index < -0.39 is 0 Å². The van der Waals surface area contributed by atoms with E-state index in [1.54, 1.807) is 0 Å². The molecule has 5 heteroatoms. The molecule has 0 aliphatic carbocycles. The zero-order chi connectivity index (χ0) is 31.6. The summed E-state index contributed by atoms with van der Waals surface area (Å²) in [6, 6.07) is 56.0. The standard InChI is InChI=1S/C43H26IN4/c1-3-12-28(13-4-1)41-45-42(29-14-5-2-6-15-29)47-43(46-41)30-19-22-31(23-20-30)48-38-18-10-9-17-33(38)34-25-35-37(26-39(34)48)44-36-24-21-27-11-7-8-16-32(27)40(35)36/h1-26H/q-1. The molecule has 0 saturated heterocycles. The third kappa shape index (κ3) is 4.38. The number of para-hydroxylation sites is 1. The number of hydrogen-bond donors (Lipinski definition) is 0. The molecule has 2 aromatic heterocycles. The van der Waals surface area contributed by atoms with Gasteiger partial charge in [0.1, 0.15) is 0 Å². The maximum absolute atomic E-state index is 4.95. The van der Waals surface area contributed by atoms with E-state index in [1.807, 2.05) is 60.7 Å². The summed E-state index contributed by atoms with van der Waals surface area (Å²) in [6.07, 6.45) is 0. The van der Waals surface area contributed by atoms with Gasteiger partial charge in [0.15, 0.2) is 0 Å². The van der Waals surface area contributed by atoms with Crippen LogP contribution >= 0.6 is 0 Å². The number of rotatable bonds is 4. The molecule has 9 aromatic rings. The van der Waals surface area contributed by atoms with Crippen LogP contribution in [0, 0.1) is 7.14 Å². The van der Waals surface area contributed by atoms with Gasteiger partial charge in [0.05, 0.1) is 0 Å². The Bertz CT molecular complexity index is 2620. The Morgan fingerprint density at radius 1 is 0.417 bits per heavy atom. The fourth-order valence-corrected chi connectivity index (χ4v) is 9.94. The molecule has 0 bridgehead atoms. The molecule has 0 saturated carbocycles. The van der Waals surface area contributed by atoms with Crippen LogP contribution in [0.2, 0.25) is 0 Å². The summed E-state index contributed by atoms with van der Waals surface area (Å²) < 4.78 is 5.41. The minimum Gasteiger partial charge on any atom is -0.0615 e. The van der Waals surface area contributed by atoms with Gasteiger partial charge in [-0.3, -0.25) is 0 Å². The first kappa shape index (κ1) is 27.5. The molecule has 10 rings (SSSR count). The molecule has 4 nitrogen and oxygen atoms in total. The normalized spacial score (nSPS) is 12.2. The van der Waals surface area contributed by atoms with Crippen molar-refractivity contribution in [3.8, 4) is 51.0 Å². The fourth-order valence-electron chi connectivity index (χ4n) is 6.94. The van der Waals surface area contributed by atoms with Gasteiger partial charge in [-0.05, 0) is 0 Å². The Labute approximate surface area is 287 Å². The molecule has 0 amide bonds. The van der Waals surface area contributed by atoms with Crippen molar-refractivity contribution < 1.29 is 21.2 Å². The predicted molar refractivity (Wildman–Crippen MR) is 191 cm³/mol. The quantitative estimate of drug-likeness (QED) is 0.180. The second kappa shape index (κ2) is 11.0. The summed E-state index contributed by atoms with van der Waals surface area (Å²) >= 11 is -0.277. The van der Waals surface area contributed by atoms with Crippen LogP contribution in [0.5, 0.6) is 0 Å². The molecule has 0 unspecified atom stereocenters. The van der Waals surface area contributed by atoms with Crippen molar-refractivity contribution in [2.45, 2.75) is 0 Å². The minimum absolute atomic E-state index is 0.277. The molecule has 7 aromatic carbocycles. The van der Waals surface area contributed by atoms with Gasteiger partial charge >= 0.3 is 228 Å². The number of hydrogen-bond acceptors (Lipinski definition) is 3. The molecule has 1 aliphatic rings. The van der Waals surface area contributed by atoms with Crippen LogP contribution in [-0.2, 0) is 0 Å². The third-order valence-electron chi connectivity index (χ3n) is 9.20.